The van der Waals surface area contributed by atoms with E-state index < -0.39 is 10.2 Å². The molecule has 120 valence electrons. The summed E-state index contributed by atoms with van der Waals surface area (Å²) in [6.07, 6.45) is 0.390. The Morgan fingerprint density at radius 3 is 2.20 bits per heavy atom. The van der Waals surface area contributed by atoms with Crippen LogP contribution in [0.15, 0.2) is 0 Å². The molecule has 3 unspecified atom stereocenters. The summed E-state index contributed by atoms with van der Waals surface area (Å²) in [5.74, 6) is 0. The summed E-state index contributed by atoms with van der Waals surface area (Å²) in [4.78, 5) is 2.28. The predicted molar refractivity (Wildman–Crippen MR) is 80.9 cm³/mol. The second-order valence-electron chi connectivity index (χ2n) is 5.50. The van der Waals surface area contributed by atoms with Crippen LogP contribution in [-0.4, -0.2) is 68.6 Å². The maximum atomic E-state index is 12.1. The molecule has 0 radical (unpaired) electrons. The van der Waals surface area contributed by atoms with Crippen LogP contribution in [0.4, 0.5) is 0 Å². The molecule has 0 aromatic heterocycles. The minimum atomic E-state index is -3.36. The average Bonchev–Trinajstić information content (AvgIpc) is 2.36. The van der Waals surface area contributed by atoms with E-state index in [0.29, 0.717) is 19.6 Å². The van der Waals surface area contributed by atoms with Gasteiger partial charge in [-0.05, 0) is 20.8 Å². The molecule has 0 saturated carbocycles. The van der Waals surface area contributed by atoms with Gasteiger partial charge in [-0.3, -0.25) is 4.90 Å². The Balaban J connectivity index is 2.52. The number of morpholine rings is 1. The first-order valence-electron chi connectivity index (χ1n) is 7.44. The summed E-state index contributed by atoms with van der Waals surface area (Å²) in [5, 5.41) is 0. The molecule has 7 heteroatoms. The fourth-order valence-electron chi connectivity index (χ4n) is 2.59. The molecule has 1 N–H and O–H groups in total. The van der Waals surface area contributed by atoms with Crippen LogP contribution in [0, 0.1) is 0 Å². The lowest BCUT2D eigenvalue weighted by Crippen LogP contribution is -2.53. The van der Waals surface area contributed by atoms with E-state index in [9.17, 15) is 8.42 Å². The summed E-state index contributed by atoms with van der Waals surface area (Å²) in [6, 6.07) is 0.161. The zero-order valence-corrected chi connectivity index (χ0v) is 14.1. The van der Waals surface area contributed by atoms with E-state index >= 15 is 0 Å². The summed E-state index contributed by atoms with van der Waals surface area (Å²) >= 11 is 0. The Kier molecular flexibility index (Phi) is 6.87. The van der Waals surface area contributed by atoms with Crippen molar-refractivity contribution in [2.75, 3.05) is 32.7 Å². The maximum Gasteiger partial charge on any atom is 0.279 e. The minimum absolute atomic E-state index is 0.161. The molecule has 0 bridgehead atoms. The number of hydrogen-bond acceptors (Lipinski definition) is 4. The van der Waals surface area contributed by atoms with Gasteiger partial charge in [0.05, 0.1) is 12.2 Å². The molecule has 6 nitrogen and oxygen atoms in total. The maximum absolute atomic E-state index is 12.1. The standard InChI is InChI=1S/C13H29N3O3S/c1-6-16(7-2)20(17,18)14-8-11(3)15-9-12(4)19-13(5)10-15/h11-14H,6-10H2,1-5H3. The van der Waals surface area contributed by atoms with Gasteiger partial charge in [0.2, 0.25) is 0 Å². The normalized spacial score (nSPS) is 26.9. The lowest BCUT2D eigenvalue weighted by molar-refractivity contribution is -0.0776. The van der Waals surface area contributed by atoms with Crippen molar-refractivity contribution in [2.24, 2.45) is 0 Å². The number of rotatable bonds is 7. The average molecular weight is 307 g/mol. The van der Waals surface area contributed by atoms with Crippen LogP contribution in [0.1, 0.15) is 34.6 Å². The fourth-order valence-corrected chi connectivity index (χ4v) is 3.90. The summed E-state index contributed by atoms with van der Waals surface area (Å²) < 4.78 is 34.0. The quantitative estimate of drug-likeness (QED) is 0.750. The number of nitrogens with one attached hydrogen (secondary N) is 1. The van der Waals surface area contributed by atoms with Crippen molar-refractivity contribution < 1.29 is 13.2 Å². The lowest BCUT2D eigenvalue weighted by atomic mass is 10.2. The summed E-state index contributed by atoms with van der Waals surface area (Å²) in [5.41, 5.74) is 0. The Morgan fingerprint density at radius 2 is 1.75 bits per heavy atom. The molecular formula is C13H29N3O3S. The Labute approximate surface area is 123 Å². The molecule has 0 aromatic carbocycles. The molecule has 1 heterocycles. The van der Waals surface area contributed by atoms with Gasteiger partial charge >= 0.3 is 0 Å². The van der Waals surface area contributed by atoms with Crippen LogP contribution >= 0.6 is 0 Å². The lowest BCUT2D eigenvalue weighted by Gasteiger charge is -2.39. The third kappa shape index (κ3) is 4.96. The predicted octanol–water partition coefficient (Wildman–Crippen LogP) is 0.660. The van der Waals surface area contributed by atoms with Crippen LogP contribution in [0.5, 0.6) is 0 Å². The minimum Gasteiger partial charge on any atom is -0.373 e. The van der Waals surface area contributed by atoms with Crippen molar-refractivity contribution >= 4 is 10.2 Å². The van der Waals surface area contributed by atoms with Crippen LogP contribution in [0.3, 0.4) is 0 Å². The van der Waals surface area contributed by atoms with Crippen LogP contribution in [0.2, 0.25) is 0 Å². The zero-order valence-electron chi connectivity index (χ0n) is 13.3. The van der Waals surface area contributed by atoms with Gasteiger partial charge < -0.3 is 4.74 Å². The van der Waals surface area contributed by atoms with E-state index in [-0.39, 0.29) is 18.2 Å². The zero-order chi connectivity index (χ0) is 15.3. The van der Waals surface area contributed by atoms with Gasteiger partial charge in [-0.25, -0.2) is 4.72 Å². The number of hydrogen-bond donors (Lipinski definition) is 1. The molecule has 3 atom stereocenters. The van der Waals surface area contributed by atoms with Crippen LogP contribution < -0.4 is 4.72 Å². The van der Waals surface area contributed by atoms with Crippen molar-refractivity contribution in [1.29, 1.82) is 0 Å². The van der Waals surface area contributed by atoms with E-state index in [1.54, 1.807) is 0 Å². The third-order valence-corrected chi connectivity index (χ3v) is 5.41. The van der Waals surface area contributed by atoms with E-state index in [1.165, 1.54) is 4.31 Å². The van der Waals surface area contributed by atoms with E-state index in [4.69, 9.17) is 4.74 Å². The second-order valence-corrected chi connectivity index (χ2v) is 7.25. The molecule has 1 fully saturated rings. The van der Waals surface area contributed by atoms with Crippen molar-refractivity contribution in [2.45, 2.75) is 52.9 Å². The summed E-state index contributed by atoms with van der Waals surface area (Å²) in [6.45, 7) is 12.9. The van der Waals surface area contributed by atoms with Gasteiger partial charge in [-0.2, -0.15) is 12.7 Å². The smallest absolute Gasteiger partial charge is 0.279 e. The second kappa shape index (κ2) is 7.70. The molecule has 1 aliphatic heterocycles. The van der Waals surface area contributed by atoms with Gasteiger partial charge in [-0.15, -0.1) is 0 Å². The van der Waals surface area contributed by atoms with E-state index in [1.807, 2.05) is 13.8 Å². The number of nitrogens with zero attached hydrogens (tertiary/aromatic N) is 2. The van der Waals surface area contributed by atoms with Gasteiger partial charge in [0.25, 0.3) is 10.2 Å². The van der Waals surface area contributed by atoms with Crippen molar-refractivity contribution in [3.05, 3.63) is 0 Å². The summed E-state index contributed by atoms with van der Waals surface area (Å²) in [7, 11) is -3.36. The first-order valence-corrected chi connectivity index (χ1v) is 8.88. The molecule has 20 heavy (non-hydrogen) atoms. The first-order chi connectivity index (χ1) is 9.30. The van der Waals surface area contributed by atoms with Crippen LogP contribution in [-0.2, 0) is 14.9 Å². The van der Waals surface area contributed by atoms with E-state index in [2.05, 4.69) is 30.4 Å². The molecule has 0 aliphatic carbocycles. The molecule has 1 saturated heterocycles. The van der Waals surface area contributed by atoms with Crippen LogP contribution in [0.25, 0.3) is 0 Å². The highest BCUT2D eigenvalue weighted by Crippen LogP contribution is 2.13. The topological polar surface area (TPSA) is 61.9 Å². The first kappa shape index (κ1) is 17.8. The Morgan fingerprint density at radius 1 is 1.25 bits per heavy atom. The van der Waals surface area contributed by atoms with E-state index in [0.717, 1.165) is 13.1 Å². The molecule has 1 aliphatic rings. The van der Waals surface area contributed by atoms with Crippen molar-refractivity contribution in [3.8, 4) is 0 Å². The SMILES string of the molecule is CCN(CC)S(=O)(=O)NCC(C)N1CC(C)OC(C)C1. The fraction of sp³-hybridized carbons (Fsp3) is 1.00. The van der Waals surface area contributed by atoms with Gasteiger partial charge in [0.1, 0.15) is 0 Å². The molecule has 0 aromatic rings. The highest BCUT2D eigenvalue weighted by atomic mass is 32.2. The van der Waals surface area contributed by atoms with Crippen molar-refractivity contribution in [1.82, 2.24) is 13.9 Å². The molecule has 1 rings (SSSR count). The van der Waals surface area contributed by atoms with Gasteiger partial charge in [0, 0.05) is 38.8 Å². The molecule has 0 spiro atoms. The molecular weight excluding hydrogens is 278 g/mol. The Bertz CT molecular complexity index is 374. The highest BCUT2D eigenvalue weighted by molar-refractivity contribution is 7.87. The van der Waals surface area contributed by atoms with Crippen molar-refractivity contribution in [3.63, 3.8) is 0 Å². The number of ether oxygens (including phenoxy) is 1. The monoisotopic (exact) mass is 307 g/mol. The highest BCUT2D eigenvalue weighted by Gasteiger charge is 2.27. The molecule has 0 amide bonds. The van der Waals surface area contributed by atoms with Gasteiger partial charge in [-0.1, -0.05) is 13.8 Å². The largest absolute Gasteiger partial charge is 0.373 e. The third-order valence-electron chi connectivity index (χ3n) is 3.68. The van der Waals surface area contributed by atoms with Gasteiger partial charge in [0.15, 0.2) is 0 Å². The Hall–Kier alpha value is -0.210.